The molecule has 0 fully saturated rings. The minimum atomic E-state index is -0.130. The summed E-state index contributed by atoms with van der Waals surface area (Å²) in [5.41, 5.74) is 33.4. The summed E-state index contributed by atoms with van der Waals surface area (Å²) in [6.07, 6.45) is 6.52. The number of halogens is 2. The molecule has 12 aromatic rings. The molecule has 0 spiro atoms. The zero-order chi connectivity index (χ0) is 63.9. The number of nitrogens with zero attached hydrogens (tertiary/aromatic N) is 5. The number of hydrogen-bond acceptors (Lipinski definition) is 6. The van der Waals surface area contributed by atoms with Crippen molar-refractivity contribution < 1.29 is 0 Å². The Morgan fingerprint density at radius 1 is 0.351 bits per heavy atom. The molecule has 94 heavy (non-hydrogen) atoms. The normalized spacial score (nSPS) is 13.0. The SMILES string of the molecule is CCCCc1cc(C)cc(N2c3cc(C)cc(I)c3B3c4cc5c(cc4N(c4ccccc4)c4cc(N(c6ccccc6)c6ccccc6)cc2c43)Sc2cc(N(c3ccccc3)c3ccccc3)cc3c2B5c2c(CCCC)cc(C)cc2N3c2cc(C)cc(I)c2)c1. The number of para-hydroxylation sites is 5. The van der Waals surface area contributed by atoms with Gasteiger partial charge in [-0.2, -0.15) is 0 Å². The molecule has 4 aliphatic heterocycles. The van der Waals surface area contributed by atoms with E-state index in [1.54, 1.807) is 0 Å². The third-order valence-electron chi connectivity index (χ3n) is 19.3. The Balaban J connectivity index is 1.02. The van der Waals surface area contributed by atoms with E-state index in [0.29, 0.717) is 0 Å². The zero-order valence-corrected chi connectivity index (χ0v) is 59.1. The Labute approximate surface area is 587 Å². The van der Waals surface area contributed by atoms with Gasteiger partial charge in [0.05, 0.1) is 5.69 Å². The molecule has 0 aromatic heterocycles. The van der Waals surface area contributed by atoms with Crippen LogP contribution in [0.1, 0.15) is 72.9 Å². The van der Waals surface area contributed by atoms with Gasteiger partial charge in [-0.15, -0.1) is 0 Å². The number of unbranched alkanes of at least 4 members (excludes halogenated alkanes) is 2. The summed E-state index contributed by atoms with van der Waals surface area (Å²) in [7, 11) is 0. The van der Waals surface area contributed by atoms with Gasteiger partial charge in [0.2, 0.25) is 6.71 Å². The van der Waals surface area contributed by atoms with Crippen molar-refractivity contribution >= 4 is 188 Å². The lowest BCUT2D eigenvalue weighted by Gasteiger charge is -2.46. The maximum absolute atomic E-state index is 2.72. The first-order valence-electron chi connectivity index (χ1n) is 33.3. The van der Waals surface area contributed by atoms with Gasteiger partial charge in [0, 0.05) is 96.6 Å². The number of aryl methyl sites for hydroxylation is 6. The maximum Gasteiger partial charge on any atom is 0.253 e. The monoisotopic (exact) mass is 1460 g/mol. The van der Waals surface area contributed by atoms with E-state index in [4.69, 9.17) is 0 Å². The molecule has 0 amide bonds. The van der Waals surface area contributed by atoms with E-state index >= 15 is 0 Å². The Bertz CT molecular complexity index is 4820. The summed E-state index contributed by atoms with van der Waals surface area (Å²) < 4.78 is 2.49. The molecule has 0 saturated heterocycles. The van der Waals surface area contributed by atoms with Crippen LogP contribution in [0.5, 0.6) is 0 Å². The molecular formula is C84H71B2I2N5S. The molecule has 0 atom stereocenters. The van der Waals surface area contributed by atoms with Gasteiger partial charge in [-0.3, -0.25) is 0 Å². The fourth-order valence-electron chi connectivity index (χ4n) is 15.6. The first-order chi connectivity index (χ1) is 46.0. The van der Waals surface area contributed by atoms with Gasteiger partial charge in [-0.05, 0) is 293 Å². The molecule has 10 heteroatoms. The van der Waals surface area contributed by atoms with Crippen molar-refractivity contribution in [3.05, 3.63) is 289 Å². The van der Waals surface area contributed by atoms with Crippen LogP contribution in [-0.2, 0) is 12.8 Å². The van der Waals surface area contributed by atoms with Crippen LogP contribution < -0.4 is 57.3 Å². The third-order valence-corrected chi connectivity index (χ3v) is 22.0. The summed E-state index contributed by atoms with van der Waals surface area (Å²) in [6.45, 7) is 13.6. The van der Waals surface area contributed by atoms with Crippen molar-refractivity contribution in [2.75, 3.05) is 24.5 Å². The minimum Gasteiger partial charge on any atom is -0.311 e. The number of fused-ring (bicyclic) bond motifs is 8. The smallest absolute Gasteiger partial charge is 0.253 e. The highest BCUT2D eigenvalue weighted by atomic mass is 127. The van der Waals surface area contributed by atoms with Crippen molar-refractivity contribution in [3.8, 4) is 0 Å². The Hall–Kier alpha value is -8.42. The van der Waals surface area contributed by atoms with E-state index in [1.165, 1.54) is 129 Å². The summed E-state index contributed by atoms with van der Waals surface area (Å²) in [5.74, 6) is 0. The van der Waals surface area contributed by atoms with Gasteiger partial charge in [0.1, 0.15) is 0 Å². The lowest BCUT2D eigenvalue weighted by atomic mass is 9.30. The second-order valence-electron chi connectivity index (χ2n) is 26.0. The van der Waals surface area contributed by atoms with Gasteiger partial charge >= 0.3 is 0 Å². The molecule has 16 rings (SSSR count). The molecule has 0 aliphatic carbocycles. The Kier molecular flexibility index (Phi) is 16.1. The predicted molar refractivity (Wildman–Crippen MR) is 421 cm³/mol. The van der Waals surface area contributed by atoms with Crippen LogP contribution in [0.25, 0.3) is 0 Å². The van der Waals surface area contributed by atoms with Crippen molar-refractivity contribution in [2.24, 2.45) is 0 Å². The van der Waals surface area contributed by atoms with E-state index in [2.05, 4.69) is 360 Å². The quantitative estimate of drug-likeness (QED) is 0.0746. The standard InChI is InChI=1S/C84H71B2I2N5S/c1-7-9-26-58-38-54(3)41-66(46-58)92-75-45-57(6)43-72(88)82(75)85-70-52-71-79(53-73(70)91(65-36-24-15-25-37-65)76-48-68(49-77(92)83(76)85)89(61-28-16-11-17-29-61)62-30-18-12-19-31-62)94-80-51-69(90(63-32-20-13-21-33-63)64-34-22-14-23-35-64)50-78-84(80)86(71)81-59(27-10-8-2)39-55(4)44-74(81)93(78)67-42-56(5)40-60(87)47-67/h11-25,28-53H,7-10,26-27H2,1-6H3. The number of hydrogen-bond donors (Lipinski definition) is 0. The Morgan fingerprint density at radius 2 is 0.809 bits per heavy atom. The van der Waals surface area contributed by atoms with E-state index in [-0.39, 0.29) is 13.4 Å². The highest BCUT2D eigenvalue weighted by Gasteiger charge is 2.49. The van der Waals surface area contributed by atoms with Gasteiger partial charge in [-0.1, -0.05) is 159 Å². The van der Waals surface area contributed by atoms with Gasteiger partial charge in [0.15, 0.2) is 0 Å². The van der Waals surface area contributed by atoms with E-state index < -0.39 is 0 Å². The van der Waals surface area contributed by atoms with E-state index in [9.17, 15) is 0 Å². The summed E-state index contributed by atoms with van der Waals surface area (Å²) in [5, 5.41) is 0. The van der Waals surface area contributed by atoms with Gasteiger partial charge < -0.3 is 24.5 Å². The second-order valence-corrected chi connectivity index (χ2v) is 29.4. The number of anilines is 15. The average Bonchev–Trinajstić information content (AvgIpc) is 0.692. The van der Waals surface area contributed by atoms with E-state index in [1.807, 2.05) is 11.8 Å². The summed E-state index contributed by atoms with van der Waals surface area (Å²) >= 11 is 7.20. The topological polar surface area (TPSA) is 16.2 Å². The molecule has 0 saturated carbocycles. The average molecular weight is 1460 g/mol. The van der Waals surface area contributed by atoms with Crippen molar-refractivity contribution in [3.63, 3.8) is 0 Å². The van der Waals surface area contributed by atoms with Crippen molar-refractivity contribution in [1.82, 2.24) is 0 Å². The molecule has 12 aromatic carbocycles. The molecule has 0 unspecified atom stereocenters. The molecule has 4 heterocycles. The highest BCUT2D eigenvalue weighted by Crippen LogP contribution is 2.52. The first-order valence-corrected chi connectivity index (χ1v) is 36.3. The number of rotatable bonds is 15. The van der Waals surface area contributed by atoms with E-state index in [0.717, 1.165) is 78.3 Å². The van der Waals surface area contributed by atoms with Crippen LogP contribution in [0.3, 0.4) is 0 Å². The first kappa shape index (κ1) is 60.5. The molecule has 4 aliphatic rings. The largest absolute Gasteiger partial charge is 0.311 e. The van der Waals surface area contributed by atoms with Crippen LogP contribution in [-0.4, -0.2) is 13.4 Å². The van der Waals surface area contributed by atoms with Crippen LogP contribution in [0.15, 0.2) is 259 Å². The van der Waals surface area contributed by atoms with Crippen LogP contribution in [0, 0.1) is 34.8 Å². The summed E-state index contributed by atoms with van der Waals surface area (Å²) in [4.78, 5) is 15.4. The predicted octanol–water partition coefficient (Wildman–Crippen LogP) is 20.6. The van der Waals surface area contributed by atoms with Gasteiger partial charge in [-0.25, -0.2) is 0 Å². The lowest BCUT2D eigenvalue weighted by molar-refractivity contribution is 0.794. The van der Waals surface area contributed by atoms with Crippen LogP contribution >= 0.6 is 56.9 Å². The fraction of sp³-hybridized carbons (Fsp3) is 0.143. The second kappa shape index (κ2) is 25.0. The molecule has 0 radical (unpaired) electrons. The molecule has 0 bridgehead atoms. The lowest BCUT2D eigenvalue weighted by Crippen LogP contribution is -2.65. The Morgan fingerprint density at radius 3 is 1.37 bits per heavy atom. The molecular weight excluding hydrogens is 1390 g/mol. The van der Waals surface area contributed by atoms with Gasteiger partial charge in [0.25, 0.3) is 6.71 Å². The highest BCUT2D eigenvalue weighted by molar-refractivity contribution is 14.1. The number of benzene rings is 12. The minimum absolute atomic E-state index is 0.0747. The third kappa shape index (κ3) is 10.6. The fourth-order valence-corrected chi connectivity index (χ4v) is 18.7. The summed E-state index contributed by atoms with van der Waals surface area (Å²) in [6, 6.07) is 94.8. The van der Waals surface area contributed by atoms with Crippen molar-refractivity contribution in [1.29, 1.82) is 0 Å². The van der Waals surface area contributed by atoms with Crippen LogP contribution in [0.4, 0.5) is 85.3 Å². The molecule has 5 nitrogen and oxygen atoms in total. The van der Waals surface area contributed by atoms with Crippen molar-refractivity contribution in [2.45, 2.75) is 89.9 Å². The zero-order valence-electron chi connectivity index (χ0n) is 54.0. The molecule has 458 valence electrons. The maximum atomic E-state index is 2.72. The molecule has 0 N–H and O–H groups in total. The van der Waals surface area contributed by atoms with Crippen LogP contribution in [0.2, 0.25) is 0 Å².